The average Bonchev–Trinajstić information content (AvgIpc) is 2.67. The van der Waals surface area contributed by atoms with E-state index < -0.39 is 10.0 Å². The number of rotatable bonds is 8. The highest BCUT2D eigenvalue weighted by atomic mass is 35.5. The van der Waals surface area contributed by atoms with E-state index in [9.17, 15) is 13.2 Å². The molecule has 0 saturated carbocycles. The normalized spacial score (nSPS) is 11.5. The Hall–Kier alpha value is -2.09. The van der Waals surface area contributed by atoms with E-state index in [1.54, 1.807) is 36.2 Å². The molecule has 0 bridgehead atoms. The molecule has 0 unspecified atom stereocenters. The van der Waals surface area contributed by atoms with E-state index in [4.69, 9.17) is 16.3 Å². The van der Waals surface area contributed by atoms with Crippen LogP contribution in [0, 0.1) is 0 Å². The van der Waals surface area contributed by atoms with Crippen LogP contribution in [0.5, 0.6) is 5.75 Å². The fraction of sp³-hybridized carbons (Fsp3) is 0.350. The van der Waals surface area contributed by atoms with Crippen molar-refractivity contribution in [3.63, 3.8) is 0 Å². The number of hydrogen-bond acceptors (Lipinski definition) is 4. The first-order chi connectivity index (χ1) is 13.1. The van der Waals surface area contributed by atoms with Crippen LogP contribution in [-0.4, -0.2) is 51.8 Å². The Morgan fingerprint density at radius 2 is 1.71 bits per heavy atom. The van der Waals surface area contributed by atoms with E-state index in [1.165, 1.54) is 27.3 Å². The minimum Gasteiger partial charge on any atom is -0.496 e. The van der Waals surface area contributed by atoms with Gasteiger partial charge in [-0.05, 0) is 47.9 Å². The number of benzene rings is 2. The quantitative estimate of drug-likeness (QED) is 0.652. The van der Waals surface area contributed by atoms with Crippen LogP contribution >= 0.6 is 11.6 Å². The van der Waals surface area contributed by atoms with Crippen LogP contribution in [0.3, 0.4) is 0 Å². The Morgan fingerprint density at radius 1 is 1.07 bits per heavy atom. The van der Waals surface area contributed by atoms with Crippen molar-refractivity contribution in [3.8, 4) is 5.75 Å². The summed E-state index contributed by atoms with van der Waals surface area (Å²) in [4.78, 5) is 14.3. The van der Waals surface area contributed by atoms with Crippen LogP contribution in [0.1, 0.15) is 17.5 Å². The monoisotopic (exact) mass is 424 g/mol. The molecule has 8 heteroatoms. The van der Waals surface area contributed by atoms with Crippen LogP contribution in [0.25, 0.3) is 0 Å². The van der Waals surface area contributed by atoms with Crippen LogP contribution in [0.15, 0.2) is 47.4 Å². The molecule has 0 heterocycles. The topological polar surface area (TPSA) is 66.9 Å². The number of ether oxygens (including phenoxy) is 1. The van der Waals surface area contributed by atoms with Crippen molar-refractivity contribution in [1.29, 1.82) is 0 Å². The second kappa shape index (κ2) is 9.41. The summed E-state index contributed by atoms with van der Waals surface area (Å²) in [6.07, 6.45) is 0.621. The van der Waals surface area contributed by atoms with Gasteiger partial charge in [0.25, 0.3) is 0 Å². The third-order valence-electron chi connectivity index (χ3n) is 4.40. The van der Waals surface area contributed by atoms with Gasteiger partial charge in [-0.15, -0.1) is 0 Å². The highest BCUT2D eigenvalue weighted by Gasteiger charge is 2.19. The third kappa shape index (κ3) is 5.47. The fourth-order valence-electron chi connectivity index (χ4n) is 2.71. The van der Waals surface area contributed by atoms with Crippen LogP contribution < -0.4 is 4.74 Å². The molecule has 28 heavy (non-hydrogen) atoms. The molecule has 1 amide bonds. The van der Waals surface area contributed by atoms with Crippen LogP contribution in [-0.2, 0) is 27.8 Å². The van der Waals surface area contributed by atoms with Crippen molar-refractivity contribution >= 4 is 27.5 Å². The van der Waals surface area contributed by atoms with Gasteiger partial charge in [0.05, 0.1) is 12.0 Å². The molecule has 0 N–H and O–H groups in total. The molecule has 0 spiro atoms. The Kier molecular flexibility index (Phi) is 7.46. The summed E-state index contributed by atoms with van der Waals surface area (Å²) in [5.41, 5.74) is 1.66. The maximum atomic E-state index is 12.5. The standard InChI is InChI=1S/C20H25ClN2O4S/c1-22(2)28(25,26)18-10-11-19(27-4)16(13-18)7-12-20(24)23(3)14-15-5-8-17(21)9-6-15/h5-6,8-11,13H,7,12,14H2,1-4H3. The summed E-state index contributed by atoms with van der Waals surface area (Å²) >= 11 is 5.88. The molecular formula is C20H25ClN2O4S. The number of aryl methyl sites for hydroxylation is 1. The summed E-state index contributed by atoms with van der Waals surface area (Å²) in [7, 11) is 2.67. The predicted molar refractivity (Wildman–Crippen MR) is 110 cm³/mol. The molecule has 2 rings (SSSR count). The number of sulfonamides is 1. The van der Waals surface area contributed by atoms with Crippen molar-refractivity contribution in [1.82, 2.24) is 9.21 Å². The number of carbonyl (C=O) groups excluding carboxylic acids is 1. The first kappa shape index (κ1) is 22.2. The Bertz CT molecular complexity index is 928. The first-order valence-electron chi connectivity index (χ1n) is 8.73. The molecule has 0 aliphatic rings. The van der Waals surface area contributed by atoms with Gasteiger partial charge in [-0.3, -0.25) is 4.79 Å². The molecule has 0 aliphatic carbocycles. The largest absolute Gasteiger partial charge is 0.496 e. The maximum absolute atomic E-state index is 12.5. The second-order valence-corrected chi connectivity index (χ2v) is 9.23. The lowest BCUT2D eigenvalue weighted by atomic mass is 10.1. The Balaban J connectivity index is 2.09. The minimum atomic E-state index is -3.55. The molecule has 2 aromatic rings. The summed E-state index contributed by atoms with van der Waals surface area (Å²) in [5.74, 6) is 0.517. The maximum Gasteiger partial charge on any atom is 0.242 e. The SMILES string of the molecule is COc1ccc(S(=O)(=O)N(C)C)cc1CCC(=O)N(C)Cc1ccc(Cl)cc1. The van der Waals surface area contributed by atoms with E-state index >= 15 is 0 Å². The zero-order valence-electron chi connectivity index (χ0n) is 16.5. The zero-order valence-corrected chi connectivity index (χ0v) is 18.0. The first-order valence-corrected chi connectivity index (χ1v) is 10.5. The van der Waals surface area contributed by atoms with Gasteiger partial charge < -0.3 is 9.64 Å². The third-order valence-corrected chi connectivity index (χ3v) is 6.46. The summed E-state index contributed by atoms with van der Waals surface area (Å²) in [6.45, 7) is 0.474. The van der Waals surface area contributed by atoms with Crippen molar-refractivity contribution in [2.75, 3.05) is 28.3 Å². The summed E-state index contributed by atoms with van der Waals surface area (Å²) < 4.78 is 31.2. The number of amides is 1. The van der Waals surface area contributed by atoms with E-state index in [0.717, 1.165) is 9.87 Å². The molecular weight excluding hydrogens is 400 g/mol. The van der Waals surface area contributed by atoms with E-state index in [2.05, 4.69) is 0 Å². The van der Waals surface area contributed by atoms with Gasteiger partial charge in [0.2, 0.25) is 15.9 Å². The lowest BCUT2D eigenvalue weighted by Crippen LogP contribution is -2.26. The highest BCUT2D eigenvalue weighted by molar-refractivity contribution is 7.89. The van der Waals surface area contributed by atoms with Gasteiger partial charge >= 0.3 is 0 Å². The highest BCUT2D eigenvalue weighted by Crippen LogP contribution is 2.25. The molecule has 0 aliphatic heterocycles. The predicted octanol–water partition coefficient (Wildman–Crippen LogP) is 3.19. The second-order valence-electron chi connectivity index (χ2n) is 6.64. The number of carbonyl (C=O) groups is 1. The van der Waals surface area contributed by atoms with Crippen molar-refractivity contribution in [3.05, 3.63) is 58.6 Å². The van der Waals surface area contributed by atoms with Gasteiger partial charge in [0.1, 0.15) is 5.75 Å². The van der Waals surface area contributed by atoms with Crippen molar-refractivity contribution in [2.24, 2.45) is 0 Å². The average molecular weight is 425 g/mol. The summed E-state index contributed by atoms with van der Waals surface area (Å²) in [5, 5.41) is 0.650. The molecule has 152 valence electrons. The zero-order chi connectivity index (χ0) is 20.9. The molecule has 0 aromatic heterocycles. The number of hydrogen-bond donors (Lipinski definition) is 0. The molecule has 2 aromatic carbocycles. The van der Waals surface area contributed by atoms with Crippen LogP contribution in [0.4, 0.5) is 0 Å². The van der Waals surface area contributed by atoms with Gasteiger partial charge in [-0.25, -0.2) is 12.7 Å². The summed E-state index contributed by atoms with van der Waals surface area (Å²) in [6, 6.07) is 12.0. The van der Waals surface area contributed by atoms with E-state index in [1.807, 2.05) is 12.1 Å². The lowest BCUT2D eigenvalue weighted by molar-refractivity contribution is -0.130. The van der Waals surface area contributed by atoms with Crippen molar-refractivity contribution in [2.45, 2.75) is 24.3 Å². The van der Waals surface area contributed by atoms with Gasteiger partial charge in [-0.2, -0.15) is 0 Å². The lowest BCUT2D eigenvalue weighted by Gasteiger charge is -2.18. The minimum absolute atomic E-state index is 0.0436. The molecule has 0 radical (unpaired) electrons. The Morgan fingerprint density at radius 3 is 2.29 bits per heavy atom. The number of nitrogens with zero attached hydrogens (tertiary/aromatic N) is 2. The molecule has 6 nitrogen and oxygen atoms in total. The number of halogens is 1. The molecule has 0 atom stereocenters. The Labute approximate surface area is 171 Å². The smallest absolute Gasteiger partial charge is 0.242 e. The molecule has 0 saturated heterocycles. The van der Waals surface area contributed by atoms with Gasteiger partial charge in [0.15, 0.2) is 0 Å². The van der Waals surface area contributed by atoms with Gasteiger partial charge in [0, 0.05) is 39.1 Å². The van der Waals surface area contributed by atoms with E-state index in [-0.39, 0.29) is 17.2 Å². The molecule has 0 fully saturated rings. The number of methoxy groups -OCH3 is 1. The van der Waals surface area contributed by atoms with Gasteiger partial charge in [-0.1, -0.05) is 23.7 Å². The van der Waals surface area contributed by atoms with Crippen LogP contribution in [0.2, 0.25) is 5.02 Å². The fourth-order valence-corrected chi connectivity index (χ4v) is 3.78. The van der Waals surface area contributed by atoms with Crippen molar-refractivity contribution < 1.29 is 17.9 Å². The van der Waals surface area contributed by atoms with E-state index in [0.29, 0.717) is 29.3 Å².